The highest BCUT2D eigenvalue weighted by atomic mass is 19.4. The van der Waals surface area contributed by atoms with Crippen molar-refractivity contribution in [3.05, 3.63) is 65.7 Å². The molecule has 110 valence electrons. The predicted octanol–water partition coefficient (Wildman–Crippen LogP) is 3.38. The molecular formula is C15H12F3NO2. The SMILES string of the molecule is O=C(Nc1ccc(C(F)(F)F)cc1)C(O)c1ccccc1. The Morgan fingerprint density at radius 3 is 2.10 bits per heavy atom. The molecule has 0 radical (unpaired) electrons. The van der Waals surface area contributed by atoms with Gasteiger partial charge in [0, 0.05) is 5.69 Å². The highest BCUT2D eigenvalue weighted by molar-refractivity contribution is 5.94. The first kappa shape index (κ1) is 15.1. The van der Waals surface area contributed by atoms with E-state index >= 15 is 0 Å². The van der Waals surface area contributed by atoms with Crippen molar-refractivity contribution in [2.45, 2.75) is 12.3 Å². The van der Waals surface area contributed by atoms with Crippen LogP contribution >= 0.6 is 0 Å². The molecule has 0 saturated heterocycles. The standard InChI is InChI=1S/C15H12F3NO2/c16-15(17,18)11-6-8-12(9-7-11)19-14(21)13(20)10-4-2-1-3-5-10/h1-9,13,20H,(H,19,21). The van der Waals surface area contributed by atoms with Crippen LogP contribution in [0.5, 0.6) is 0 Å². The van der Waals surface area contributed by atoms with Crippen molar-refractivity contribution in [1.29, 1.82) is 0 Å². The molecule has 2 aromatic rings. The number of anilines is 1. The molecule has 2 aromatic carbocycles. The van der Waals surface area contributed by atoms with Gasteiger partial charge >= 0.3 is 6.18 Å². The first-order valence-electron chi connectivity index (χ1n) is 6.09. The van der Waals surface area contributed by atoms with Gasteiger partial charge in [0.1, 0.15) is 0 Å². The maximum absolute atomic E-state index is 12.4. The molecule has 0 fully saturated rings. The number of nitrogens with one attached hydrogen (secondary N) is 1. The molecule has 0 aromatic heterocycles. The number of amides is 1. The molecule has 3 nitrogen and oxygen atoms in total. The molecule has 0 aliphatic rings. The average molecular weight is 295 g/mol. The number of halogens is 3. The van der Waals surface area contributed by atoms with Gasteiger partial charge in [-0.15, -0.1) is 0 Å². The second-order valence-electron chi connectivity index (χ2n) is 4.38. The van der Waals surface area contributed by atoms with Gasteiger partial charge in [-0.25, -0.2) is 0 Å². The number of benzene rings is 2. The van der Waals surface area contributed by atoms with Gasteiger partial charge in [0.15, 0.2) is 6.10 Å². The van der Waals surface area contributed by atoms with E-state index in [4.69, 9.17) is 0 Å². The third kappa shape index (κ3) is 3.82. The monoisotopic (exact) mass is 295 g/mol. The Morgan fingerprint density at radius 2 is 1.57 bits per heavy atom. The molecule has 6 heteroatoms. The zero-order valence-corrected chi connectivity index (χ0v) is 10.8. The molecule has 21 heavy (non-hydrogen) atoms. The minimum absolute atomic E-state index is 0.183. The van der Waals surface area contributed by atoms with Crippen LogP contribution in [0.2, 0.25) is 0 Å². The quantitative estimate of drug-likeness (QED) is 0.912. The van der Waals surface area contributed by atoms with Crippen LogP contribution in [0, 0.1) is 0 Å². The molecule has 0 aliphatic carbocycles. The largest absolute Gasteiger partial charge is 0.416 e. The lowest BCUT2D eigenvalue weighted by Crippen LogP contribution is -2.20. The first-order chi connectivity index (χ1) is 9.88. The normalized spacial score (nSPS) is 12.8. The molecule has 1 atom stereocenters. The number of rotatable bonds is 3. The van der Waals surface area contributed by atoms with Gasteiger partial charge < -0.3 is 10.4 Å². The third-order valence-corrected chi connectivity index (χ3v) is 2.84. The van der Waals surface area contributed by atoms with E-state index in [1.165, 1.54) is 0 Å². The number of hydrogen-bond donors (Lipinski definition) is 2. The minimum Gasteiger partial charge on any atom is -0.378 e. The summed E-state index contributed by atoms with van der Waals surface area (Å²) in [5.41, 5.74) is -0.214. The van der Waals surface area contributed by atoms with E-state index in [1.807, 2.05) is 0 Å². The summed E-state index contributed by atoms with van der Waals surface area (Å²) in [6.07, 6.45) is -5.81. The van der Waals surface area contributed by atoms with Crippen LogP contribution < -0.4 is 5.32 Å². The molecule has 2 N–H and O–H groups in total. The molecule has 0 heterocycles. The minimum atomic E-state index is -4.42. The number of carbonyl (C=O) groups excluding carboxylic acids is 1. The number of carbonyl (C=O) groups is 1. The lowest BCUT2D eigenvalue weighted by molar-refractivity contribution is -0.137. The van der Waals surface area contributed by atoms with E-state index in [0.717, 1.165) is 24.3 Å². The Bertz CT molecular complexity index is 609. The number of alkyl halides is 3. The van der Waals surface area contributed by atoms with Crippen LogP contribution in [0.25, 0.3) is 0 Å². The fourth-order valence-corrected chi connectivity index (χ4v) is 1.74. The summed E-state index contributed by atoms with van der Waals surface area (Å²) in [4.78, 5) is 11.8. The van der Waals surface area contributed by atoms with Gasteiger partial charge in [-0.1, -0.05) is 30.3 Å². The Morgan fingerprint density at radius 1 is 1.00 bits per heavy atom. The van der Waals surface area contributed by atoms with Crippen molar-refractivity contribution in [2.75, 3.05) is 5.32 Å². The van der Waals surface area contributed by atoms with Gasteiger partial charge in [0.2, 0.25) is 0 Å². The first-order valence-corrected chi connectivity index (χ1v) is 6.09. The van der Waals surface area contributed by atoms with Crippen molar-refractivity contribution in [1.82, 2.24) is 0 Å². The maximum atomic E-state index is 12.4. The summed E-state index contributed by atoms with van der Waals surface area (Å²) in [6.45, 7) is 0. The summed E-state index contributed by atoms with van der Waals surface area (Å²) >= 11 is 0. The highest BCUT2D eigenvalue weighted by Crippen LogP contribution is 2.30. The summed E-state index contributed by atoms with van der Waals surface area (Å²) in [7, 11) is 0. The smallest absolute Gasteiger partial charge is 0.378 e. The second kappa shape index (κ2) is 5.97. The fourth-order valence-electron chi connectivity index (χ4n) is 1.74. The summed E-state index contributed by atoms with van der Waals surface area (Å²) < 4.78 is 37.2. The van der Waals surface area contributed by atoms with E-state index in [9.17, 15) is 23.1 Å². The number of aliphatic hydroxyl groups is 1. The Balaban J connectivity index is 2.06. The lowest BCUT2D eigenvalue weighted by Gasteiger charge is -2.12. The Hall–Kier alpha value is -2.34. The lowest BCUT2D eigenvalue weighted by atomic mass is 10.1. The van der Waals surface area contributed by atoms with Gasteiger partial charge in [-0.05, 0) is 29.8 Å². The van der Waals surface area contributed by atoms with Crippen LogP contribution in [0.4, 0.5) is 18.9 Å². The molecule has 1 unspecified atom stereocenters. The number of aliphatic hydroxyl groups excluding tert-OH is 1. The van der Waals surface area contributed by atoms with Crippen LogP contribution in [0.1, 0.15) is 17.2 Å². The van der Waals surface area contributed by atoms with Gasteiger partial charge in [0.05, 0.1) is 5.56 Å². The van der Waals surface area contributed by atoms with Crippen LogP contribution in [-0.4, -0.2) is 11.0 Å². The summed E-state index contributed by atoms with van der Waals surface area (Å²) in [5, 5.41) is 12.2. The van der Waals surface area contributed by atoms with Crippen molar-refractivity contribution < 1.29 is 23.1 Å². The van der Waals surface area contributed by atoms with Gasteiger partial charge in [-0.3, -0.25) is 4.79 Å². The molecule has 0 spiro atoms. The number of hydrogen-bond acceptors (Lipinski definition) is 2. The molecule has 2 rings (SSSR count). The van der Waals surface area contributed by atoms with Crippen LogP contribution in [-0.2, 0) is 11.0 Å². The Kier molecular flexibility index (Phi) is 4.28. The molecule has 0 bridgehead atoms. The molecule has 0 aliphatic heterocycles. The average Bonchev–Trinajstić information content (AvgIpc) is 2.47. The van der Waals surface area contributed by atoms with Gasteiger partial charge in [0.25, 0.3) is 5.91 Å². The zero-order chi connectivity index (χ0) is 15.5. The van der Waals surface area contributed by atoms with Crippen molar-refractivity contribution in [3.8, 4) is 0 Å². The van der Waals surface area contributed by atoms with Gasteiger partial charge in [-0.2, -0.15) is 13.2 Å². The zero-order valence-electron chi connectivity index (χ0n) is 10.8. The van der Waals surface area contributed by atoms with Crippen molar-refractivity contribution in [3.63, 3.8) is 0 Å². The third-order valence-electron chi connectivity index (χ3n) is 2.84. The Labute approximate surface area is 119 Å². The topological polar surface area (TPSA) is 49.3 Å². The van der Waals surface area contributed by atoms with E-state index in [0.29, 0.717) is 5.56 Å². The molecular weight excluding hydrogens is 283 g/mol. The van der Waals surface area contributed by atoms with Crippen LogP contribution in [0.15, 0.2) is 54.6 Å². The maximum Gasteiger partial charge on any atom is 0.416 e. The molecule has 0 saturated carbocycles. The summed E-state index contributed by atoms with van der Waals surface area (Å²) in [6, 6.07) is 12.2. The van der Waals surface area contributed by atoms with E-state index in [1.54, 1.807) is 30.3 Å². The van der Waals surface area contributed by atoms with E-state index < -0.39 is 23.8 Å². The molecule has 1 amide bonds. The van der Waals surface area contributed by atoms with Crippen molar-refractivity contribution >= 4 is 11.6 Å². The highest BCUT2D eigenvalue weighted by Gasteiger charge is 2.30. The van der Waals surface area contributed by atoms with Crippen molar-refractivity contribution in [2.24, 2.45) is 0 Å². The fraction of sp³-hybridized carbons (Fsp3) is 0.133. The van der Waals surface area contributed by atoms with E-state index in [-0.39, 0.29) is 5.69 Å². The second-order valence-corrected chi connectivity index (χ2v) is 4.38. The summed E-state index contributed by atoms with van der Waals surface area (Å²) in [5.74, 6) is -0.707. The van der Waals surface area contributed by atoms with E-state index in [2.05, 4.69) is 5.32 Å². The van der Waals surface area contributed by atoms with Crippen LogP contribution in [0.3, 0.4) is 0 Å². The predicted molar refractivity (Wildman–Crippen MR) is 71.5 cm³/mol.